The first-order valence-corrected chi connectivity index (χ1v) is 6.63. The third kappa shape index (κ3) is 4.84. The fourth-order valence-electron chi connectivity index (χ4n) is 1.85. The van der Waals surface area contributed by atoms with E-state index < -0.39 is 5.97 Å². The maximum Gasteiger partial charge on any atom is 0.303 e. The fraction of sp³-hybridized carbons (Fsp3) is 0.400. The monoisotopic (exact) mass is 278 g/mol. The van der Waals surface area contributed by atoms with Crippen LogP contribution in [0.25, 0.3) is 0 Å². The molecule has 0 aliphatic carbocycles. The number of benzene rings is 1. The maximum absolute atomic E-state index is 10.5. The van der Waals surface area contributed by atoms with Crippen LogP contribution in [-0.4, -0.2) is 24.0 Å². The number of hydrogen-bond acceptors (Lipinski definition) is 4. The molecular weight excluding hydrogens is 260 g/mol. The summed E-state index contributed by atoms with van der Waals surface area (Å²) in [5.41, 5.74) is 0.999. The number of ether oxygens (including phenoxy) is 3. The summed E-state index contributed by atoms with van der Waals surface area (Å²) >= 11 is 0. The lowest BCUT2D eigenvalue weighted by Crippen LogP contribution is -2.09. The van der Waals surface area contributed by atoms with Crippen LogP contribution >= 0.6 is 0 Å². The highest BCUT2D eigenvalue weighted by molar-refractivity contribution is 5.67. The number of aryl methyl sites for hydroxylation is 1. The van der Waals surface area contributed by atoms with Crippen LogP contribution < -0.4 is 4.74 Å². The first-order valence-electron chi connectivity index (χ1n) is 6.63. The zero-order valence-corrected chi connectivity index (χ0v) is 11.2. The predicted octanol–water partition coefficient (Wildman–Crippen LogP) is 2.71. The van der Waals surface area contributed by atoms with Crippen LogP contribution in [0, 0.1) is 0 Å². The van der Waals surface area contributed by atoms with Crippen molar-refractivity contribution in [3.8, 4) is 5.75 Å². The Balaban J connectivity index is 1.64. The number of carboxylic acids is 1. The molecule has 5 heteroatoms. The van der Waals surface area contributed by atoms with Gasteiger partial charge in [-0.1, -0.05) is 12.1 Å². The van der Waals surface area contributed by atoms with Gasteiger partial charge in [-0.25, -0.2) is 0 Å². The predicted molar refractivity (Wildman–Crippen MR) is 72.2 cm³/mol. The van der Waals surface area contributed by atoms with Gasteiger partial charge in [0.2, 0.25) is 6.29 Å². The summed E-state index contributed by atoms with van der Waals surface area (Å²) in [6.07, 6.45) is 5.21. The average molecular weight is 278 g/mol. The van der Waals surface area contributed by atoms with E-state index in [2.05, 4.69) is 0 Å². The van der Waals surface area contributed by atoms with Crippen LogP contribution in [0.1, 0.15) is 24.8 Å². The first-order chi connectivity index (χ1) is 9.74. The molecule has 5 nitrogen and oxygen atoms in total. The first kappa shape index (κ1) is 14.2. The lowest BCUT2D eigenvalue weighted by molar-refractivity contribution is -0.136. The minimum Gasteiger partial charge on any atom is -0.494 e. The standard InChI is InChI=1S/C15H18O5/c16-14(17)8-5-12-3-6-13(7-4-12)18-9-1-2-15-19-10-11-20-15/h3-4,6-7,10-11,15H,1-2,5,8-9H2,(H,16,17). The highest BCUT2D eigenvalue weighted by Crippen LogP contribution is 2.15. The van der Waals surface area contributed by atoms with Gasteiger partial charge in [0.25, 0.3) is 0 Å². The second-order valence-corrected chi connectivity index (χ2v) is 4.50. The largest absolute Gasteiger partial charge is 0.494 e. The van der Waals surface area contributed by atoms with Crippen molar-refractivity contribution in [3.05, 3.63) is 42.4 Å². The number of aliphatic carboxylic acids is 1. The Morgan fingerprint density at radius 3 is 2.55 bits per heavy atom. The van der Waals surface area contributed by atoms with Crippen molar-refractivity contribution >= 4 is 5.97 Å². The van der Waals surface area contributed by atoms with E-state index in [-0.39, 0.29) is 12.7 Å². The van der Waals surface area contributed by atoms with Gasteiger partial charge in [0, 0.05) is 12.8 Å². The molecule has 1 heterocycles. The summed E-state index contributed by atoms with van der Waals surface area (Å²) < 4.78 is 15.9. The Labute approximate surface area is 117 Å². The summed E-state index contributed by atoms with van der Waals surface area (Å²) in [5.74, 6) is 0.00613. The second-order valence-electron chi connectivity index (χ2n) is 4.50. The van der Waals surface area contributed by atoms with Crippen LogP contribution in [0.4, 0.5) is 0 Å². The molecule has 1 aliphatic rings. The molecule has 0 aromatic heterocycles. The number of hydrogen-bond donors (Lipinski definition) is 1. The molecule has 0 atom stereocenters. The molecule has 2 rings (SSSR count). The lowest BCUT2D eigenvalue weighted by atomic mass is 10.1. The highest BCUT2D eigenvalue weighted by atomic mass is 16.7. The van der Waals surface area contributed by atoms with E-state index in [4.69, 9.17) is 19.3 Å². The Kier molecular flexibility index (Phi) is 5.29. The molecule has 108 valence electrons. The van der Waals surface area contributed by atoms with Crippen molar-refractivity contribution in [2.75, 3.05) is 6.61 Å². The van der Waals surface area contributed by atoms with Crippen molar-refractivity contribution in [1.29, 1.82) is 0 Å². The normalized spacial score (nSPS) is 13.8. The Morgan fingerprint density at radius 1 is 1.20 bits per heavy atom. The van der Waals surface area contributed by atoms with E-state index in [1.807, 2.05) is 24.3 Å². The fourth-order valence-corrected chi connectivity index (χ4v) is 1.85. The molecular formula is C15H18O5. The molecule has 0 saturated carbocycles. The minimum atomic E-state index is -0.781. The van der Waals surface area contributed by atoms with Gasteiger partial charge < -0.3 is 19.3 Å². The smallest absolute Gasteiger partial charge is 0.303 e. The lowest BCUT2D eigenvalue weighted by Gasteiger charge is -2.10. The third-order valence-electron chi connectivity index (χ3n) is 2.92. The molecule has 1 aromatic rings. The van der Waals surface area contributed by atoms with Gasteiger partial charge in [-0.05, 0) is 30.5 Å². The van der Waals surface area contributed by atoms with Gasteiger partial charge in [-0.3, -0.25) is 4.79 Å². The van der Waals surface area contributed by atoms with Gasteiger partial charge in [-0.15, -0.1) is 0 Å². The Hall–Kier alpha value is -2.17. The number of rotatable bonds is 8. The molecule has 0 saturated heterocycles. The Morgan fingerprint density at radius 2 is 1.90 bits per heavy atom. The SMILES string of the molecule is O=C(O)CCc1ccc(OCCCC2OC=CO2)cc1. The van der Waals surface area contributed by atoms with Gasteiger partial charge in [0.05, 0.1) is 6.61 Å². The zero-order chi connectivity index (χ0) is 14.2. The molecule has 0 radical (unpaired) electrons. The molecule has 1 N–H and O–H groups in total. The van der Waals surface area contributed by atoms with Crippen molar-refractivity contribution in [2.45, 2.75) is 32.0 Å². The molecule has 0 fully saturated rings. The van der Waals surface area contributed by atoms with E-state index in [0.717, 1.165) is 24.2 Å². The van der Waals surface area contributed by atoms with E-state index in [9.17, 15) is 4.79 Å². The van der Waals surface area contributed by atoms with E-state index in [1.165, 1.54) is 0 Å². The topological polar surface area (TPSA) is 65.0 Å². The average Bonchev–Trinajstić information content (AvgIpc) is 2.96. The number of carbonyl (C=O) groups is 1. The third-order valence-corrected chi connectivity index (χ3v) is 2.92. The molecule has 1 aliphatic heterocycles. The van der Waals surface area contributed by atoms with Gasteiger partial charge in [-0.2, -0.15) is 0 Å². The van der Waals surface area contributed by atoms with Crippen LogP contribution in [0.3, 0.4) is 0 Å². The summed E-state index contributed by atoms with van der Waals surface area (Å²) in [5, 5.41) is 8.61. The molecule has 0 bridgehead atoms. The van der Waals surface area contributed by atoms with Crippen LogP contribution in [0.2, 0.25) is 0 Å². The minimum absolute atomic E-state index is 0.148. The van der Waals surface area contributed by atoms with Crippen LogP contribution in [0.15, 0.2) is 36.8 Å². The van der Waals surface area contributed by atoms with Crippen molar-refractivity contribution in [2.24, 2.45) is 0 Å². The molecule has 20 heavy (non-hydrogen) atoms. The Bertz CT molecular complexity index is 444. The molecule has 0 spiro atoms. The van der Waals surface area contributed by atoms with E-state index >= 15 is 0 Å². The van der Waals surface area contributed by atoms with Crippen molar-refractivity contribution < 1.29 is 24.1 Å². The summed E-state index contributed by atoms with van der Waals surface area (Å²) in [4.78, 5) is 10.5. The van der Waals surface area contributed by atoms with E-state index in [1.54, 1.807) is 12.5 Å². The molecule has 1 aromatic carbocycles. The summed E-state index contributed by atoms with van der Waals surface area (Å²) in [7, 11) is 0. The van der Waals surface area contributed by atoms with Gasteiger partial charge >= 0.3 is 5.97 Å². The van der Waals surface area contributed by atoms with Crippen LogP contribution in [-0.2, 0) is 20.7 Å². The van der Waals surface area contributed by atoms with Crippen molar-refractivity contribution in [1.82, 2.24) is 0 Å². The number of carboxylic acid groups (broad SMARTS) is 1. The second kappa shape index (κ2) is 7.43. The van der Waals surface area contributed by atoms with Crippen LogP contribution in [0.5, 0.6) is 5.75 Å². The highest BCUT2D eigenvalue weighted by Gasteiger charge is 2.11. The maximum atomic E-state index is 10.5. The summed E-state index contributed by atoms with van der Waals surface area (Å²) in [6, 6.07) is 7.51. The van der Waals surface area contributed by atoms with E-state index in [0.29, 0.717) is 13.0 Å². The zero-order valence-electron chi connectivity index (χ0n) is 11.2. The van der Waals surface area contributed by atoms with Gasteiger partial charge in [0.1, 0.15) is 18.3 Å². The van der Waals surface area contributed by atoms with Gasteiger partial charge in [0.15, 0.2) is 0 Å². The molecule has 0 unspecified atom stereocenters. The quantitative estimate of drug-likeness (QED) is 0.741. The summed E-state index contributed by atoms with van der Waals surface area (Å²) in [6.45, 7) is 0.595. The van der Waals surface area contributed by atoms with Crippen molar-refractivity contribution in [3.63, 3.8) is 0 Å². The molecule has 0 amide bonds.